The second-order valence-corrected chi connectivity index (χ2v) is 11.2. The van der Waals surface area contributed by atoms with Gasteiger partial charge in [0.15, 0.2) is 17.3 Å². The van der Waals surface area contributed by atoms with Gasteiger partial charge in [-0.1, -0.05) is 23.2 Å². The number of halogens is 4. The van der Waals surface area contributed by atoms with E-state index in [2.05, 4.69) is 41.2 Å². The highest BCUT2D eigenvalue weighted by Gasteiger charge is 2.48. The topological polar surface area (TPSA) is 136 Å². The molecule has 0 aliphatic heterocycles. The van der Waals surface area contributed by atoms with Crippen LogP contribution in [0.5, 0.6) is 0 Å². The number of anilines is 2. The lowest BCUT2D eigenvalue weighted by Crippen LogP contribution is -2.35. The second-order valence-electron chi connectivity index (χ2n) is 5.16. The number of H-pyrrole nitrogens is 1. The smallest absolute Gasteiger partial charge is 0.287 e. The van der Waals surface area contributed by atoms with E-state index in [-0.39, 0.29) is 41.0 Å². The Kier molecular flexibility index (Phi) is 6.22. The van der Waals surface area contributed by atoms with Crippen molar-refractivity contribution in [3.8, 4) is 0 Å². The van der Waals surface area contributed by atoms with Crippen molar-refractivity contribution in [1.82, 2.24) is 19.9 Å². The van der Waals surface area contributed by atoms with E-state index in [1.165, 1.54) is 6.33 Å². The number of hydrogen-bond acceptors (Lipinski definition) is 9. The van der Waals surface area contributed by atoms with Gasteiger partial charge in [0, 0.05) is 10.7 Å². The van der Waals surface area contributed by atoms with Gasteiger partial charge in [-0.2, -0.15) is 0 Å². The number of benzene rings is 1. The van der Waals surface area contributed by atoms with Gasteiger partial charge in [0.05, 0.1) is 6.33 Å². The molecule has 2 heterocycles. The van der Waals surface area contributed by atoms with Gasteiger partial charge in [0.2, 0.25) is 4.20 Å². The molecule has 9 nitrogen and oxygen atoms in total. The summed E-state index contributed by atoms with van der Waals surface area (Å²) in [6.45, 7) is 0. The van der Waals surface area contributed by atoms with E-state index in [0.717, 1.165) is 0 Å². The number of nitrogens with one attached hydrogen (secondary N) is 2. The number of thioether (sulfide) groups is 1. The van der Waals surface area contributed by atoms with Crippen molar-refractivity contribution in [1.29, 1.82) is 0 Å². The number of aromatic nitrogens is 4. The number of alkyl halides is 3. The summed E-state index contributed by atoms with van der Waals surface area (Å²) in [4.78, 5) is 26.4. The first-order chi connectivity index (χ1) is 13.1. The Morgan fingerprint density at radius 1 is 1.36 bits per heavy atom. The lowest BCUT2D eigenvalue weighted by molar-refractivity contribution is -0.285. The van der Waals surface area contributed by atoms with Gasteiger partial charge in [0.25, 0.3) is 15.3 Å². The highest BCUT2D eigenvalue weighted by molar-refractivity contribution is 9.12. The van der Waals surface area contributed by atoms with Crippen molar-refractivity contribution in [3.63, 3.8) is 0 Å². The molecule has 0 aliphatic rings. The average molecular weight is 529 g/mol. The maximum atomic E-state index is 14.0. The number of aromatic amines is 1. The molecule has 15 heteroatoms. The zero-order valence-corrected chi connectivity index (χ0v) is 18.1. The largest absolute Gasteiger partial charge is 0.340 e. The normalized spacial score (nSPS) is 15.8. The monoisotopic (exact) mass is 527 g/mol. The first-order valence-corrected chi connectivity index (χ1v) is 10.3. The maximum absolute atomic E-state index is 14.0. The van der Waals surface area contributed by atoms with Crippen LogP contribution in [0.4, 0.5) is 15.9 Å². The zero-order valence-electron chi connectivity index (χ0n) is 13.4. The third-order valence-electron chi connectivity index (χ3n) is 3.18. The average Bonchev–Trinajstić information content (AvgIpc) is 3.03. The number of rotatable bonds is 7. The molecule has 3 rings (SSSR count). The van der Waals surface area contributed by atoms with Crippen molar-refractivity contribution < 1.29 is 8.72 Å². The molecule has 1 aromatic carbocycles. The van der Waals surface area contributed by atoms with Crippen LogP contribution in [0.3, 0.4) is 0 Å². The molecule has 2 unspecified atom stereocenters. The fourth-order valence-corrected chi connectivity index (χ4v) is 5.45. The molecule has 0 saturated carbocycles. The molecule has 0 saturated heterocycles. The molecule has 2 aromatic heterocycles. The first-order valence-electron chi connectivity index (χ1n) is 7.19. The van der Waals surface area contributed by atoms with E-state index in [1.54, 1.807) is 24.3 Å². The third kappa shape index (κ3) is 5.15. The SMILES string of the molecule is NC(S[N+](=O)[O-])(SC(F)(Cl)Br)c1nc(Nc2ccc(Cl)cc2)c2[nH]cnc2n1. The van der Waals surface area contributed by atoms with E-state index in [0.29, 0.717) is 16.2 Å². The zero-order chi connectivity index (χ0) is 20.5. The Morgan fingerprint density at radius 3 is 2.64 bits per heavy atom. The summed E-state index contributed by atoms with van der Waals surface area (Å²) in [6, 6.07) is 6.73. The summed E-state index contributed by atoms with van der Waals surface area (Å²) in [5.41, 5.74) is 7.29. The molecule has 0 bridgehead atoms. The number of nitrogens with two attached hydrogens (primary N) is 1. The minimum absolute atomic E-state index is 0.0103. The highest BCUT2D eigenvalue weighted by Crippen LogP contribution is 2.52. The minimum Gasteiger partial charge on any atom is -0.340 e. The Morgan fingerprint density at radius 2 is 2.04 bits per heavy atom. The van der Waals surface area contributed by atoms with Crippen molar-refractivity contribution in [3.05, 3.63) is 51.6 Å². The van der Waals surface area contributed by atoms with Gasteiger partial charge in [-0.05, 0) is 52.0 Å². The Bertz CT molecular complexity index is 1020. The summed E-state index contributed by atoms with van der Waals surface area (Å²) in [7, 11) is 0. The fraction of sp³-hybridized carbons (Fsp3) is 0.154. The molecule has 0 spiro atoms. The van der Waals surface area contributed by atoms with Crippen molar-refractivity contribution in [2.45, 2.75) is 7.57 Å². The van der Waals surface area contributed by atoms with Gasteiger partial charge >= 0.3 is 0 Å². The van der Waals surface area contributed by atoms with Crippen molar-refractivity contribution >= 4 is 85.5 Å². The number of nitrogens with zero attached hydrogens (tertiary/aromatic N) is 4. The molecule has 3 aromatic rings. The van der Waals surface area contributed by atoms with Crippen LogP contribution in [0.1, 0.15) is 5.82 Å². The Labute approximate surface area is 183 Å². The van der Waals surface area contributed by atoms with Crippen LogP contribution in [0.2, 0.25) is 5.02 Å². The van der Waals surface area contributed by atoms with Gasteiger partial charge in [-0.25, -0.2) is 19.3 Å². The van der Waals surface area contributed by atoms with Crippen LogP contribution in [0, 0.1) is 10.1 Å². The molecule has 28 heavy (non-hydrogen) atoms. The molecule has 4 N–H and O–H groups in total. The molecule has 0 amide bonds. The first kappa shape index (κ1) is 21.3. The van der Waals surface area contributed by atoms with Crippen LogP contribution in [-0.4, -0.2) is 27.6 Å². The summed E-state index contributed by atoms with van der Waals surface area (Å²) < 4.78 is 8.55. The van der Waals surface area contributed by atoms with E-state index < -0.39 is 11.9 Å². The molecule has 2 atom stereocenters. The van der Waals surface area contributed by atoms with Crippen LogP contribution in [0.15, 0.2) is 30.6 Å². The van der Waals surface area contributed by atoms with Gasteiger partial charge in [-0.3, -0.25) is 15.8 Å². The Balaban J connectivity index is 2.09. The number of imidazole rings is 1. The molecule has 0 aliphatic carbocycles. The molecular weight excluding hydrogens is 520 g/mol. The van der Waals surface area contributed by atoms with Crippen molar-refractivity contribution in [2.75, 3.05) is 5.32 Å². The quantitative estimate of drug-likeness (QED) is 0.131. The van der Waals surface area contributed by atoms with E-state index in [9.17, 15) is 14.5 Å². The summed E-state index contributed by atoms with van der Waals surface area (Å²) >= 11 is 14.2. The van der Waals surface area contributed by atoms with Crippen molar-refractivity contribution in [2.24, 2.45) is 5.73 Å². The van der Waals surface area contributed by atoms with Crippen LogP contribution in [-0.2, 0) is 4.20 Å². The predicted molar refractivity (Wildman–Crippen MR) is 113 cm³/mol. The molecule has 0 radical (unpaired) electrons. The van der Waals surface area contributed by atoms with E-state index >= 15 is 0 Å². The number of fused-ring (bicyclic) bond motifs is 1. The third-order valence-corrected chi connectivity index (χ3v) is 5.94. The van der Waals surface area contributed by atoms with Gasteiger partial charge in [-0.15, -0.1) is 0 Å². The second kappa shape index (κ2) is 8.16. The molecule has 148 valence electrons. The van der Waals surface area contributed by atoms with Crippen LogP contribution in [0.25, 0.3) is 11.2 Å². The minimum atomic E-state index is -2.58. The van der Waals surface area contributed by atoms with Gasteiger partial charge < -0.3 is 10.3 Å². The fourth-order valence-electron chi connectivity index (χ4n) is 2.14. The Hall–Kier alpha value is -1.38. The summed E-state index contributed by atoms with van der Waals surface area (Å²) in [5.74, 6) is -0.0230. The molecular formula is C13H9BrCl2FN7O2S2. The van der Waals surface area contributed by atoms with Crippen LogP contribution < -0.4 is 11.1 Å². The number of nitro groups is 1. The lowest BCUT2D eigenvalue weighted by atomic mass is 10.3. The number of hydrogen-bond donors (Lipinski definition) is 3. The van der Waals surface area contributed by atoms with E-state index in [1.807, 2.05) is 0 Å². The van der Waals surface area contributed by atoms with E-state index in [4.69, 9.17) is 28.9 Å². The summed E-state index contributed by atoms with van der Waals surface area (Å²) in [6.07, 6.45) is 1.37. The van der Waals surface area contributed by atoms with Crippen LogP contribution >= 0.6 is 62.8 Å². The standard InChI is InChI=1S/C13H9BrCl2FN7O2S2/c14-13(16,17)27-12(18,28-24(25)26)11-22-9-8(19-5-20-9)10(23-11)21-7-3-1-6(15)2-4-7/h1-5H,18H2,(H2,19,20,21,22,23). The maximum Gasteiger partial charge on any atom is 0.287 e. The summed E-state index contributed by atoms with van der Waals surface area (Å²) in [5, 5.41) is 14.7. The predicted octanol–water partition coefficient (Wildman–Crippen LogP) is 4.69. The highest BCUT2D eigenvalue weighted by atomic mass is 79.9. The molecule has 0 fully saturated rings. The lowest BCUT2D eigenvalue weighted by Gasteiger charge is -2.24. The van der Waals surface area contributed by atoms with Gasteiger partial charge in [0.1, 0.15) is 9.85 Å².